The first kappa shape index (κ1) is 19.0. The summed E-state index contributed by atoms with van der Waals surface area (Å²) in [6, 6.07) is 24.5. The van der Waals surface area contributed by atoms with Crippen LogP contribution in [0.2, 0.25) is 0 Å². The number of benzene rings is 3. The van der Waals surface area contributed by atoms with Crippen LogP contribution in [-0.4, -0.2) is 18.2 Å². The standard InChI is InChI=1S/C23H21N3O2S/c1-17-13-14-18(2)21(15-17)25-29(27,28)22-16-26(20-11-7-4-8-12-20)24-23(22)19-9-5-3-6-10-19/h3-16,25H,1-2H3. The molecule has 1 heterocycles. The van der Waals surface area contributed by atoms with Gasteiger partial charge in [0.1, 0.15) is 10.6 Å². The molecule has 0 unspecified atom stereocenters. The summed E-state index contributed by atoms with van der Waals surface area (Å²) in [5.41, 5.74) is 4.34. The number of aryl methyl sites for hydroxylation is 2. The van der Waals surface area contributed by atoms with Crippen LogP contribution in [0.25, 0.3) is 16.9 Å². The molecule has 0 aliphatic carbocycles. The number of hydrogen-bond acceptors (Lipinski definition) is 3. The third kappa shape index (κ3) is 3.93. The maximum Gasteiger partial charge on any atom is 0.265 e. The number of nitrogens with zero attached hydrogens (tertiary/aromatic N) is 2. The maximum absolute atomic E-state index is 13.3. The topological polar surface area (TPSA) is 64.0 Å². The van der Waals surface area contributed by atoms with Crippen molar-refractivity contribution in [2.45, 2.75) is 18.7 Å². The molecule has 1 aromatic heterocycles. The zero-order chi connectivity index (χ0) is 20.4. The molecular formula is C23H21N3O2S. The number of para-hydroxylation sites is 1. The summed E-state index contributed by atoms with van der Waals surface area (Å²) in [6.07, 6.45) is 1.56. The van der Waals surface area contributed by atoms with Gasteiger partial charge in [0.15, 0.2) is 0 Å². The van der Waals surface area contributed by atoms with Crippen LogP contribution in [0.4, 0.5) is 5.69 Å². The lowest BCUT2D eigenvalue weighted by atomic mass is 10.1. The van der Waals surface area contributed by atoms with Gasteiger partial charge in [0.05, 0.1) is 17.6 Å². The van der Waals surface area contributed by atoms with E-state index in [4.69, 9.17) is 0 Å². The van der Waals surface area contributed by atoms with E-state index in [0.717, 1.165) is 22.4 Å². The highest BCUT2D eigenvalue weighted by Crippen LogP contribution is 2.29. The largest absolute Gasteiger partial charge is 0.279 e. The van der Waals surface area contributed by atoms with Gasteiger partial charge in [-0.05, 0) is 43.2 Å². The minimum absolute atomic E-state index is 0.133. The van der Waals surface area contributed by atoms with Gasteiger partial charge in [-0.25, -0.2) is 13.1 Å². The molecule has 0 aliphatic rings. The van der Waals surface area contributed by atoms with Gasteiger partial charge in [0, 0.05) is 5.56 Å². The third-order valence-corrected chi connectivity index (χ3v) is 6.04. The SMILES string of the molecule is Cc1ccc(C)c(NS(=O)(=O)c2cn(-c3ccccc3)nc2-c2ccccc2)c1. The Balaban J connectivity index is 1.85. The molecule has 3 aromatic carbocycles. The molecule has 0 amide bonds. The van der Waals surface area contributed by atoms with Gasteiger partial charge in [-0.15, -0.1) is 0 Å². The summed E-state index contributed by atoms with van der Waals surface area (Å²) in [5, 5.41) is 4.60. The molecule has 6 heteroatoms. The Labute approximate surface area is 170 Å². The second kappa shape index (κ2) is 7.56. The Bertz CT molecular complexity index is 1250. The van der Waals surface area contributed by atoms with E-state index in [0.29, 0.717) is 11.4 Å². The van der Waals surface area contributed by atoms with E-state index < -0.39 is 10.0 Å². The van der Waals surface area contributed by atoms with Gasteiger partial charge in [-0.3, -0.25) is 4.72 Å². The average Bonchev–Trinajstić information content (AvgIpc) is 3.19. The first-order chi connectivity index (χ1) is 13.9. The lowest BCUT2D eigenvalue weighted by molar-refractivity contribution is 0.601. The Morgan fingerprint density at radius 3 is 2.21 bits per heavy atom. The molecule has 0 fully saturated rings. The highest BCUT2D eigenvalue weighted by atomic mass is 32.2. The molecular weight excluding hydrogens is 382 g/mol. The van der Waals surface area contributed by atoms with Crippen LogP contribution in [0.5, 0.6) is 0 Å². The van der Waals surface area contributed by atoms with Crippen molar-refractivity contribution < 1.29 is 8.42 Å². The molecule has 0 saturated carbocycles. The quantitative estimate of drug-likeness (QED) is 0.512. The second-order valence-electron chi connectivity index (χ2n) is 6.91. The smallest absolute Gasteiger partial charge is 0.265 e. The van der Waals surface area contributed by atoms with Crippen LogP contribution in [-0.2, 0) is 10.0 Å². The van der Waals surface area contributed by atoms with Crippen LogP contribution >= 0.6 is 0 Å². The fourth-order valence-electron chi connectivity index (χ4n) is 3.11. The molecule has 146 valence electrons. The van der Waals surface area contributed by atoms with Crippen molar-refractivity contribution in [3.05, 3.63) is 96.2 Å². The highest BCUT2D eigenvalue weighted by Gasteiger charge is 2.25. The fraction of sp³-hybridized carbons (Fsp3) is 0.0870. The molecule has 0 spiro atoms. The van der Waals surface area contributed by atoms with E-state index in [-0.39, 0.29) is 4.90 Å². The Hall–Kier alpha value is -3.38. The Morgan fingerprint density at radius 2 is 1.52 bits per heavy atom. The van der Waals surface area contributed by atoms with Gasteiger partial charge in [0.2, 0.25) is 0 Å². The van der Waals surface area contributed by atoms with Gasteiger partial charge in [-0.2, -0.15) is 5.10 Å². The normalized spacial score (nSPS) is 11.4. The van der Waals surface area contributed by atoms with Crippen molar-refractivity contribution in [3.8, 4) is 16.9 Å². The number of nitrogens with one attached hydrogen (secondary N) is 1. The minimum atomic E-state index is -3.85. The van der Waals surface area contributed by atoms with Crippen molar-refractivity contribution in [2.75, 3.05) is 4.72 Å². The van der Waals surface area contributed by atoms with Crippen molar-refractivity contribution in [1.82, 2.24) is 9.78 Å². The van der Waals surface area contributed by atoms with E-state index in [1.54, 1.807) is 10.9 Å². The van der Waals surface area contributed by atoms with Crippen LogP contribution in [0.3, 0.4) is 0 Å². The van der Waals surface area contributed by atoms with Crippen molar-refractivity contribution >= 4 is 15.7 Å². The summed E-state index contributed by atoms with van der Waals surface area (Å²) < 4.78 is 31.0. The van der Waals surface area contributed by atoms with Crippen LogP contribution in [0.15, 0.2) is 90.0 Å². The summed E-state index contributed by atoms with van der Waals surface area (Å²) in [6.45, 7) is 3.81. The first-order valence-electron chi connectivity index (χ1n) is 9.25. The zero-order valence-corrected chi connectivity index (χ0v) is 17.0. The van der Waals surface area contributed by atoms with E-state index in [1.807, 2.05) is 92.7 Å². The molecule has 0 saturated heterocycles. The molecule has 4 rings (SSSR count). The van der Waals surface area contributed by atoms with E-state index in [9.17, 15) is 8.42 Å². The number of aromatic nitrogens is 2. The second-order valence-corrected chi connectivity index (χ2v) is 8.56. The lowest BCUT2D eigenvalue weighted by Crippen LogP contribution is -2.14. The molecule has 4 aromatic rings. The molecule has 0 aliphatic heterocycles. The monoisotopic (exact) mass is 403 g/mol. The van der Waals surface area contributed by atoms with Gasteiger partial charge in [0.25, 0.3) is 10.0 Å². The summed E-state index contributed by atoms with van der Waals surface area (Å²) >= 11 is 0. The predicted octanol–water partition coefficient (Wildman–Crippen LogP) is 4.96. The molecule has 5 nitrogen and oxygen atoms in total. The number of anilines is 1. The molecule has 1 N–H and O–H groups in total. The van der Waals surface area contributed by atoms with Crippen molar-refractivity contribution in [3.63, 3.8) is 0 Å². The van der Waals surface area contributed by atoms with Gasteiger partial charge in [-0.1, -0.05) is 60.7 Å². The molecule has 0 bridgehead atoms. The van der Waals surface area contributed by atoms with Crippen LogP contribution < -0.4 is 4.72 Å². The predicted molar refractivity (Wildman–Crippen MR) is 116 cm³/mol. The molecule has 0 atom stereocenters. The summed E-state index contributed by atoms with van der Waals surface area (Å²) in [7, 11) is -3.85. The Morgan fingerprint density at radius 1 is 0.862 bits per heavy atom. The fourth-order valence-corrected chi connectivity index (χ4v) is 4.38. The van der Waals surface area contributed by atoms with E-state index in [2.05, 4.69) is 9.82 Å². The number of rotatable bonds is 5. The average molecular weight is 404 g/mol. The van der Waals surface area contributed by atoms with Gasteiger partial charge < -0.3 is 0 Å². The summed E-state index contributed by atoms with van der Waals surface area (Å²) in [4.78, 5) is 0.133. The van der Waals surface area contributed by atoms with Crippen LogP contribution in [0, 0.1) is 13.8 Å². The maximum atomic E-state index is 13.3. The molecule has 0 radical (unpaired) electrons. The zero-order valence-electron chi connectivity index (χ0n) is 16.2. The van der Waals surface area contributed by atoms with E-state index in [1.165, 1.54) is 0 Å². The summed E-state index contributed by atoms with van der Waals surface area (Å²) in [5.74, 6) is 0. The molecule has 29 heavy (non-hydrogen) atoms. The lowest BCUT2D eigenvalue weighted by Gasteiger charge is -2.11. The van der Waals surface area contributed by atoms with Crippen LogP contribution in [0.1, 0.15) is 11.1 Å². The van der Waals surface area contributed by atoms with Crippen molar-refractivity contribution in [1.29, 1.82) is 0 Å². The van der Waals surface area contributed by atoms with Gasteiger partial charge >= 0.3 is 0 Å². The number of sulfonamides is 1. The van der Waals surface area contributed by atoms with E-state index >= 15 is 0 Å². The Kier molecular flexibility index (Phi) is 4.94. The third-order valence-electron chi connectivity index (χ3n) is 4.68. The highest BCUT2D eigenvalue weighted by molar-refractivity contribution is 7.92. The first-order valence-corrected chi connectivity index (χ1v) is 10.7. The minimum Gasteiger partial charge on any atom is -0.279 e. The number of hydrogen-bond donors (Lipinski definition) is 1. The van der Waals surface area contributed by atoms with Crippen molar-refractivity contribution in [2.24, 2.45) is 0 Å².